The first-order valence-electron chi connectivity index (χ1n) is 7.78. The SMILES string of the molecule is CC(C)Oc1cccc([C@@H](C)NC(=O)[C@H]2CC=CCC2)c1. The Morgan fingerprint density at radius 3 is 2.76 bits per heavy atom. The van der Waals surface area contributed by atoms with Gasteiger partial charge in [-0.25, -0.2) is 0 Å². The van der Waals surface area contributed by atoms with Crippen LogP contribution in [0.25, 0.3) is 0 Å². The molecular formula is C18H25NO2. The first kappa shape index (κ1) is 15.6. The second-order valence-electron chi connectivity index (χ2n) is 5.95. The van der Waals surface area contributed by atoms with Gasteiger partial charge in [0.15, 0.2) is 0 Å². The molecule has 1 amide bonds. The lowest BCUT2D eigenvalue weighted by Crippen LogP contribution is -2.33. The summed E-state index contributed by atoms with van der Waals surface area (Å²) in [6.45, 7) is 6.04. The van der Waals surface area contributed by atoms with Gasteiger partial charge in [0.1, 0.15) is 5.75 Å². The van der Waals surface area contributed by atoms with Crippen LogP contribution in [0.3, 0.4) is 0 Å². The Morgan fingerprint density at radius 1 is 1.29 bits per heavy atom. The van der Waals surface area contributed by atoms with E-state index in [0.29, 0.717) is 0 Å². The maximum Gasteiger partial charge on any atom is 0.223 e. The monoisotopic (exact) mass is 287 g/mol. The molecule has 0 bridgehead atoms. The van der Waals surface area contributed by atoms with Crippen molar-refractivity contribution in [3.05, 3.63) is 42.0 Å². The van der Waals surface area contributed by atoms with Gasteiger partial charge in [0.2, 0.25) is 5.91 Å². The molecule has 2 atom stereocenters. The molecule has 1 aliphatic rings. The molecule has 1 aromatic carbocycles. The van der Waals surface area contributed by atoms with Crippen molar-refractivity contribution >= 4 is 5.91 Å². The molecule has 0 fully saturated rings. The average Bonchev–Trinajstić information content (AvgIpc) is 2.47. The number of benzene rings is 1. The highest BCUT2D eigenvalue weighted by atomic mass is 16.5. The van der Waals surface area contributed by atoms with Crippen LogP contribution in [0.1, 0.15) is 51.6 Å². The molecule has 0 unspecified atom stereocenters. The van der Waals surface area contributed by atoms with Crippen LogP contribution in [0.4, 0.5) is 0 Å². The number of rotatable bonds is 5. The lowest BCUT2D eigenvalue weighted by atomic mass is 9.93. The molecule has 0 saturated heterocycles. The quantitative estimate of drug-likeness (QED) is 0.831. The van der Waals surface area contributed by atoms with Gasteiger partial charge in [0.05, 0.1) is 12.1 Å². The minimum Gasteiger partial charge on any atom is -0.491 e. The van der Waals surface area contributed by atoms with Gasteiger partial charge in [-0.3, -0.25) is 4.79 Å². The standard InChI is InChI=1S/C18H25NO2/c1-13(2)21-17-11-7-10-16(12-17)14(3)19-18(20)15-8-5-4-6-9-15/h4-5,7,10-15H,6,8-9H2,1-3H3,(H,19,20)/t14-,15+/m1/s1. The number of carbonyl (C=O) groups excluding carboxylic acids is 1. The summed E-state index contributed by atoms with van der Waals surface area (Å²) >= 11 is 0. The normalized spacial score (nSPS) is 19.3. The predicted molar refractivity (Wildman–Crippen MR) is 85.2 cm³/mol. The molecule has 0 aliphatic heterocycles. The highest BCUT2D eigenvalue weighted by Crippen LogP contribution is 2.22. The van der Waals surface area contributed by atoms with Crippen molar-refractivity contribution in [3.8, 4) is 5.75 Å². The summed E-state index contributed by atoms with van der Waals surface area (Å²) in [4.78, 5) is 12.3. The van der Waals surface area contributed by atoms with Crippen LogP contribution in [-0.4, -0.2) is 12.0 Å². The van der Waals surface area contributed by atoms with E-state index in [2.05, 4.69) is 17.5 Å². The van der Waals surface area contributed by atoms with E-state index in [-0.39, 0.29) is 24.0 Å². The van der Waals surface area contributed by atoms with E-state index >= 15 is 0 Å². The van der Waals surface area contributed by atoms with Crippen molar-refractivity contribution in [2.24, 2.45) is 5.92 Å². The van der Waals surface area contributed by atoms with E-state index < -0.39 is 0 Å². The van der Waals surface area contributed by atoms with Crippen LogP contribution < -0.4 is 10.1 Å². The minimum absolute atomic E-state index is 0.000816. The Kier molecular flexibility index (Phi) is 5.43. The van der Waals surface area contributed by atoms with E-state index in [4.69, 9.17) is 4.74 Å². The zero-order chi connectivity index (χ0) is 15.2. The number of allylic oxidation sites excluding steroid dienone is 2. The van der Waals surface area contributed by atoms with Gasteiger partial charge in [0.25, 0.3) is 0 Å². The van der Waals surface area contributed by atoms with Gasteiger partial charge in [-0.15, -0.1) is 0 Å². The zero-order valence-corrected chi connectivity index (χ0v) is 13.1. The Labute approximate surface area is 127 Å². The van der Waals surface area contributed by atoms with E-state index in [1.807, 2.05) is 45.0 Å². The number of ether oxygens (including phenoxy) is 1. The Morgan fingerprint density at radius 2 is 2.10 bits per heavy atom. The Hall–Kier alpha value is -1.77. The number of nitrogens with one attached hydrogen (secondary N) is 1. The summed E-state index contributed by atoms with van der Waals surface area (Å²) in [5, 5.41) is 3.12. The molecule has 0 spiro atoms. The molecule has 21 heavy (non-hydrogen) atoms. The summed E-state index contributed by atoms with van der Waals surface area (Å²) < 4.78 is 5.70. The molecule has 2 rings (SSSR count). The van der Waals surface area contributed by atoms with Crippen LogP contribution in [-0.2, 0) is 4.79 Å². The van der Waals surface area contributed by atoms with Gasteiger partial charge in [-0.05, 0) is 57.7 Å². The molecule has 0 saturated carbocycles. The fourth-order valence-corrected chi connectivity index (χ4v) is 2.58. The Bertz CT molecular complexity index is 508. The van der Waals surface area contributed by atoms with Gasteiger partial charge in [0, 0.05) is 5.92 Å². The zero-order valence-electron chi connectivity index (χ0n) is 13.1. The first-order valence-corrected chi connectivity index (χ1v) is 7.78. The van der Waals surface area contributed by atoms with E-state index in [0.717, 1.165) is 30.6 Å². The molecule has 1 aliphatic carbocycles. The largest absolute Gasteiger partial charge is 0.491 e. The van der Waals surface area contributed by atoms with Gasteiger partial charge in [-0.2, -0.15) is 0 Å². The Balaban J connectivity index is 1.97. The van der Waals surface area contributed by atoms with Crippen molar-refractivity contribution in [2.75, 3.05) is 0 Å². The highest BCUT2D eigenvalue weighted by molar-refractivity contribution is 5.79. The summed E-state index contributed by atoms with van der Waals surface area (Å²) in [6.07, 6.45) is 7.22. The third kappa shape index (κ3) is 4.62. The molecule has 1 aromatic rings. The summed E-state index contributed by atoms with van der Waals surface area (Å²) in [5.41, 5.74) is 1.08. The summed E-state index contributed by atoms with van der Waals surface area (Å²) in [5.74, 6) is 1.12. The average molecular weight is 287 g/mol. The molecular weight excluding hydrogens is 262 g/mol. The second-order valence-corrected chi connectivity index (χ2v) is 5.95. The molecule has 0 aromatic heterocycles. The van der Waals surface area contributed by atoms with Crippen molar-refractivity contribution in [1.82, 2.24) is 5.32 Å². The van der Waals surface area contributed by atoms with Gasteiger partial charge >= 0.3 is 0 Å². The molecule has 3 nitrogen and oxygen atoms in total. The predicted octanol–water partition coefficient (Wildman–Crippen LogP) is 4.01. The van der Waals surface area contributed by atoms with Gasteiger partial charge in [-0.1, -0.05) is 24.3 Å². The number of hydrogen-bond acceptors (Lipinski definition) is 2. The summed E-state index contributed by atoms with van der Waals surface area (Å²) in [6, 6.07) is 7.95. The van der Waals surface area contributed by atoms with Crippen LogP contribution in [0.2, 0.25) is 0 Å². The topological polar surface area (TPSA) is 38.3 Å². The molecule has 114 valence electrons. The number of hydrogen-bond donors (Lipinski definition) is 1. The molecule has 0 heterocycles. The van der Waals surface area contributed by atoms with Crippen molar-refractivity contribution < 1.29 is 9.53 Å². The van der Waals surface area contributed by atoms with Crippen LogP contribution in [0.5, 0.6) is 5.75 Å². The second kappa shape index (κ2) is 7.30. The van der Waals surface area contributed by atoms with E-state index in [1.54, 1.807) is 0 Å². The number of amides is 1. The highest BCUT2D eigenvalue weighted by Gasteiger charge is 2.20. The molecule has 0 radical (unpaired) electrons. The van der Waals surface area contributed by atoms with Crippen LogP contribution in [0.15, 0.2) is 36.4 Å². The number of carbonyl (C=O) groups is 1. The molecule has 1 N–H and O–H groups in total. The first-order chi connectivity index (χ1) is 10.1. The van der Waals surface area contributed by atoms with E-state index in [9.17, 15) is 4.79 Å². The third-order valence-corrected chi connectivity index (χ3v) is 3.73. The van der Waals surface area contributed by atoms with E-state index in [1.165, 1.54) is 0 Å². The van der Waals surface area contributed by atoms with Gasteiger partial charge < -0.3 is 10.1 Å². The third-order valence-electron chi connectivity index (χ3n) is 3.73. The maximum absolute atomic E-state index is 12.3. The van der Waals surface area contributed by atoms with Crippen LogP contribution in [0, 0.1) is 5.92 Å². The molecule has 3 heteroatoms. The maximum atomic E-state index is 12.3. The van der Waals surface area contributed by atoms with Crippen LogP contribution >= 0.6 is 0 Å². The van der Waals surface area contributed by atoms with Crippen molar-refractivity contribution in [2.45, 2.75) is 52.2 Å². The smallest absolute Gasteiger partial charge is 0.223 e. The lowest BCUT2D eigenvalue weighted by Gasteiger charge is -2.21. The summed E-state index contributed by atoms with van der Waals surface area (Å²) in [7, 11) is 0. The van der Waals surface area contributed by atoms with Crippen molar-refractivity contribution in [3.63, 3.8) is 0 Å². The fraction of sp³-hybridized carbons (Fsp3) is 0.500. The fourth-order valence-electron chi connectivity index (χ4n) is 2.58. The van der Waals surface area contributed by atoms with Crippen molar-refractivity contribution in [1.29, 1.82) is 0 Å². The minimum atomic E-state index is -0.000816. The lowest BCUT2D eigenvalue weighted by molar-refractivity contribution is -0.125.